The van der Waals surface area contributed by atoms with E-state index in [2.05, 4.69) is 217 Å². The van der Waals surface area contributed by atoms with Crippen molar-refractivity contribution in [1.82, 2.24) is 0 Å². The van der Waals surface area contributed by atoms with Gasteiger partial charge in [-0.3, -0.25) is 0 Å². The predicted octanol–water partition coefficient (Wildman–Crippen LogP) is 16.0. The molecule has 0 N–H and O–H groups in total. The van der Waals surface area contributed by atoms with E-state index in [4.69, 9.17) is 4.42 Å². The van der Waals surface area contributed by atoms with Gasteiger partial charge in [0.15, 0.2) is 0 Å². The van der Waals surface area contributed by atoms with Crippen LogP contribution in [0.3, 0.4) is 0 Å². The number of benzene rings is 10. The fraction of sp³-hybridized carbons (Fsp3) is 0. The van der Waals surface area contributed by atoms with E-state index in [1.165, 1.54) is 49.4 Å². The summed E-state index contributed by atoms with van der Waals surface area (Å²) < 4.78 is 6.48. The molecule has 10 aromatic carbocycles. The number of hydrogen-bond donors (Lipinski definition) is 0. The topological polar surface area (TPSA) is 16.4 Å². The van der Waals surface area contributed by atoms with Crippen LogP contribution in [0, 0.1) is 0 Å². The van der Waals surface area contributed by atoms with Crippen molar-refractivity contribution < 1.29 is 4.42 Å². The summed E-state index contributed by atoms with van der Waals surface area (Å²) in [6, 6.07) is 80.6. The molecular weight excluding hydrogens is 703 g/mol. The number of para-hydroxylation sites is 3. The summed E-state index contributed by atoms with van der Waals surface area (Å²) in [7, 11) is 0. The molecule has 0 radical (unpaired) electrons. The van der Waals surface area contributed by atoms with E-state index >= 15 is 0 Å². The maximum atomic E-state index is 6.48. The van der Waals surface area contributed by atoms with Gasteiger partial charge in [-0.05, 0) is 109 Å². The molecule has 0 aliphatic rings. The minimum Gasteiger partial charge on any atom is -0.455 e. The standard InChI is InChI=1S/C56H37NO/c1-4-17-38(18-5-1)54-50-29-11-10-27-47(50)48-34-33-41(37-52(48)55(54)39-19-6-2-7-20-39)40-21-14-25-44(35-40)57(43-23-8-3-9-24-43)45-26-15-22-42(36-45)46-30-16-31-51-49-28-12-13-32-53(49)58-56(46)51/h1-37H. The second-order valence-corrected chi connectivity index (χ2v) is 14.8. The van der Waals surface area contributed by atoms with Gasteiger partial charge in [-0.15, -0.1) is 0 Å². The number of hydrogen-bond acceptors (Lipinski definition) is 2. The monoisotopic (exact) mass is 739 g/mol. The first-order valence-electron chi connectivity index (χ1n) is 19.8. The molecule has 11 rings (SSSR count). The molecule has 0 unspecified atom stereocenters. The predicted molar refractivity (Wildman–Crippen MR) is 245 cm³/mol. The van der Waals surface area contributed by atoms with Crippen molar-refractivity contribution in [3.05, 3.63) is 224 Å². The van der Waals surface area contributed by atoms with Crippen molar-refractivity contribution in [3.63, 3.8) is 0 Å². The molecule has 11 aromatic rings. The fourth-order valence-electron chi connectivity index (χ4n) is 8.82. The highest BCUT2D eigenvalue weighted by Crippen LogP contribution is 2.46. The Hall–Kier alpha value is -7.68. The summed E-state index contributed by atoms with van der Waals surface area (Å²) in [5.74, 6) is 0. The van der Waals surface area contributed by atoms with E-state index in [-0.39, 0.29) is 0 Å². The molecule has 0 fully saturated rings. The van der Waals surface area contributed by atoms with E-state index < -0.39 is 0 Å². The van der Waals surface area contributed by atoms with Crippen LogP contribution in [0.1, 0.15) is 0 Å². The quantitative estimate of drug-likeness (QED) is 0.151. The van der Waals surface area contributed by atoms with Crippen molar-refractivity contribution in [2.24, 2.45) is 0 Å². The molecule has 2 heteroatoms. The zero-order chi connectivity index (χ0) is 38.4. The van der Waals surface area contributed by atoms with Gasteiger partial charge in [0.2, 0.25) is 0 Å². The fourth-order valence-corrected chi connectivity index (χ4v) is 8.82. The van der Waals surface area contributed by atoms with E-state index in [0.717, 1.165) is 55.7 Å². The Balaban J connectivity index is 1.08. The lowest BCUT2D eigenvalue weighted by molar-refractivity contribution is 0.670. The molecule has 1 heterocycles. The molecule has 0 saturated carbocycles. The molecule has 1 aromatic heterocycles. The molecule has 0 aliphatic heterocycles. The first-order chi connectivity index (χ1) is 28.8. The van der Waals surface area contributed by atoms with Gasteiger partial charge in [0.25, 0.3) is 0 Å². The van der Waals surface area contributed by atoms with Gasteiger partial charge in [0, 0.05) is 33.4 Å². The van der Waals surface area contributed by atoms with E-state index in [0.29, 0.717) is 0 Å². The first-order valence-corrected chi connectivity index (χ1v) is 19.8. The summed E-state index contributed by atoms with van der Waals surface area (Å²) in [4.78, 5) is 2.35. The van der Waals surface area contributed by atoms with Crippen LogP contribution in [0.25, 0.3) is 88.0 Å². The summed E-state index contributed by atoms with van der Waals surface area (Å²) in [6.07, 6.45) is 0. The van der Waals surface area contributed by atoms with Crippen LogP contribution in [0.5, 0.6) is 0 Å². The third-order valence-corrected chi connectivity index (χ3v) is 11.4. The lowest BCUT2D eigenvalue weighted by atomic mass is 9.84. The molecule has 0 amide bonds. The van der Waals surface area contributed by atoms with Gasteiger partial charge in [-0.25, -0.2) is 0 Å². The normalized spacial score (nSPS) is 11.4. The van der Waals surface area contributed by atoms with Crippen molar-refractivity contribution in [1.29, 1.82) is 0 Å². The van der Waals surface area contributed by atoms with Crippen LogP contribution in [0.4, 0.5) is 17.1 Å². The van der Waals surface area contributed by atoms with Crippen molar-refractivity contribution >= 4 is 60.5 Å². The summed E-state index contributed by atoms with van der Waals surface area (Å²) >= 11 is 0. The Morgan fingerprint density at radius 3 is 1.48 bits per heavy atom. The zero-order valence-corrected chi connectivity index (χ0v) is 31.7. The highest BCUT2D eigenvalue weighted by molar-refractivity contribution is 6.22. The molecule has 0 spiro atoms. The van der Waals surface area contributed by atoms with Crippen LogP contribution in [0.15, 0.2) is 229 Å². The van der Waals surface area contributed by atoms with Crippen LogP contribution < -0.4 is 4.90 Å². The van der Waals surface area contributed by atoms with Crippen LogP contribution in [0.2, 0.25) is 0 Å². The molecular formula is C56H37NO. The lowest BCUT2D eigenvalue weighted by Gasteiger charge is -2.26. The van der Waals surface area contributed by atoms with E-state index in [1.807, 2.05) is 12.1 Å². The van der Waals surface area contributed by atoms with Crippen LogP contribution in [-0.2, 0) is 0 Å². The van der Waals surface area contributed by atoms with Crippen molar-refractivity contribution in [3.8, 4) is 44.5 Å². The minimum atomic E-state index is 0.901. The first kappa shape index (κ1) is 33.6. The zero-order valence-electron chi connectivity index (χ0n) is 31.7. The summed E-state index contributed by atoms with van der Waals surface area (Å²) in [6.45, 7) is 0. The third kappa shape index (κ3) is 5.74. The Bertz CT molecular complexity index is 3270. The number of rotatable bonds is 7. The maximum absolute atomic E-state index is 6.48. The molecule has 0 bridgehead atoms. The second kappa shape index (κ2) is 14.1. The SMILES string of the molecule is c1ccc(-c2c(-c3ccccc3)c3cc(-c4cccc(N(c5ccccc5)c5cccc(-c6cccc7c6oc6ccccc67)c5)c4)ccc3c3ccccc23)cc1. The number of fused-ring (bicyclic) bond motifs is 6. The number of nitrogens with zero attached hydrogens (tertiary/aromatic N) is 1. The average molecular weight is 740 g/mol. The molecule has 2 nitrogen and oxygen atoms in total. The van der Waals surface area contributed by atoms with Gasteiger partial charge in [0.05, 0.1) is 0 Å². The smallest absolute Gasteiger partial charge is 0.143 e. The van der Waals surface area contributed by atoms with Gasteiger partial charge in [-0.1, -0.05) is 176 Å². The Labute approximate surface area is 337 Å². The molecule has 0 atom stereocenters. The highest BCUT2D eigenvalue weighted by atomic mass is 16.3. The Morgan fingerprint density at radius 1 is 0.276 bits per heavy atom. The molecule has 0 saturated heterocycles. The third-order valence-electron chi connectivity index (χ3n) is 11.4. The van der Waals surface area contributed by atoms with E-state index in [9.17, 15) is 0 Å². The van der Waals surface area contributed by atoms with Gasteiger partial charge in [0.1, 0.15) is 11.2 Å². The second-order valence-electron chi connectivity index (χ2n) is 14.8. The van der Waals surface area contributed by atoms with Crippen LogP contribution >= 0.6 is 0 Å². The largest absolute Gasteiger partial charge is 0.455 e. The maximum Gasteiger partial charge on any atom is 0.143 e. The summed E-state index contributed by atoms with van der Waals surface area (Å²) in [5, 5.41) is 7.25. The number of anilines is 3. The van der Waals surface area contributed by atoms with Crippen molar-refractivity contribution in [2.45, 2.75) is 0 Å². The van der Waals surface area contributed by atoms with E-state index in [1.54, 1.807) is 0 Å². The molecule has 58 heavy (non-hydrogen) atoms. The van der Waals surface area contributed by atoms with Gasteiger partial charge >= 0.3 is 0 Å². The number of furan rings is 1. The minimum absolute atomic E-state index is 0.901. The summed E-state index contributed by atoms with van der Waals surface area (Å²) in [5.41, 5.74) is 14.5. The average Bonchev–Trinajstić information content (AvgIpc) is 3.69. The lowest BCUT2D eigenvalue weighted by Crippen LogP contribution is -2.10. The van der Waals surface area contributed by atoms with Gasteiger partial charge < -0.3 is 9.32 Å². The molecule has 0 aliphatic carbocycles. The van der Waals surface area contributed by atoms with Crippen molar-refractivity contribution in [2.75, 3.05) is 4.90 Å². The Morgan fingerprint density at radius 2 is 0.759 bits per heavy atom. The van der Waals surface area contributed by atoms with Gasteiger partial charge in [-0.2, -0.15) is 0 Å². The highest BCUT2D eigenvalue weighted by Gasteiger charge is 2.20. The molecule has 272 valence electrons. The Kier molecular flexibility index (Phi) is 8.19. The van der Waals surface area contributed by atoms with Crippen LogP contribution in [-0.4, -0.2) is 0 Å².